The van der Waals surface area contributed by atoms with Gasteiger partial charge in [0.25, 0.3) is 5.91 Å². The molecule has 0 unspecified atom stereocenters. The highest BCUT2D eigenvalue weighted by molar-refractivity contribution is 9.10. The molecule has 4 nitrogen and oxygen atoms in total. The first-order chi connectivity index (χ1) is 6.16. The van der Waals surface area contributed by atoms with Crippen LogP contribution in [0.4, 0.5) is 0 Å². The zero-order valence-corrected chi connectivity index (χ0v) is 8.54. The summed E-state index contributed by atoms with van der Waals surface area (Å²) in [6, 6.07) is 1.76. The number of primary amides is 1. The fraction of sp³-hybridized carbons (Fsp3) is 0.250. The highest BCUT2D eigenvalue weighted by Crippen LogP contribution is 2.18. The van der Waals surface area contributed by atoms with E-state index in [1.54, 1.807) is 6.07 Å². The lowest BCUT2D eigenvalue weighted by atomic mass is 10.1. The third kappa shape index (κ3) is 2.26. The van der Waals surface area contributed by atoms with E-state index in [0.717, 1.165) is 10.0 Å². The zero-order chi connectivity index (χ0) is 9.84. The minimum Gasteiger partial charge on any atom is -0.364 e. The number of amides is 1. The van der Waals surface area contributed by atoms with Crippen molar-refractivity contribution in [2.24, 2.45) is 11.5 Å². The first kappa shape index (κ1) is 10.1. The topological polar surface area (TPSA) is 82.0 Å². The van der Waals surface area contributed by atoms with Crippen LogP contribution in [0.2, 0.25) is 0 Å². The van der Waals surface area contributed by atoms with Crippen LogP contribution in [0, 0.1) is 0 Å². The Balaban J connectivity index is 3.17. The van der Waals surface area contributed by atoms with Crippen molar-refractivity contribution in [2.45, 2.75) is 6.42 Å². The maximum atomic E-state index is 10.9. The number of pyridine rings is 1. The number of nitrogens with zero attached hydrogens (tertiary/aromatic N) is 1. The summed E-state index contributed by atoms with van der Waals surface area (Å²) in [4.78, 5) is 14.8. The molecule has 1 aromatic rings. The van der Waals surface area contributed by atoms with E-state index < -0.39 is 5.91 Å². The Labute approximate surface area is 84.5 Å². The van der Waals surface area contributed by atoms with Gasteiger partial charge in [0.05, 0.1) is 0 Å². The molecular weight excluding hydrogens is 234 g/mol. The van der Waals surface area contributed by atoms with Crippen LogP contribution in [0.5, 0.6) is 0 Å². The van der Waals surface area contributed by atoms with E-state index in [9.17, 15) is 4.79 Å². The van der Waals surface area contributed by atoms with Crippen molar-refractivity contribution in [1.29, 1.82) is 0 Å². The number of carbonyl (C=O) groups excluding carboxylic acids is 1. The molecule has 5 heteroatoms. The number of hydrogen-bond acceptors (Lipinski definition) is 3. The van der Waals surface area contributed by atoms with Gasteiger partial charge in [-0.15, -0.1) is 0 Å². The Morgan fingerprint density at radius 1 is 1.62 bits per heavy atom. The van der Waals surface area contributed by atoms with E-state index in [0.29, 0.717) is 18.7 Å². The second kappa shape index (κ2) is 4.34. The van der Waals surface area contributed by atoms with E-state index in [2.05, 4.69) is 20.9 Å². The third-order valence-corrected chi connectivity index (χ3v) is 2.37. The summed E-state index contributed by atoms with van der Waals surface area (Å²) in [5.74, 6) is -0.523. The van der Waals surface area contributed by atoms with Gasteiger partial charge in [0.15, 0.2) is 0 Å². The second-order valence-corrected chi connectivity index (χ2v) is 3.38. The van der Waals surface area contributed by atoms with Crippen LogP contribution in [0.15, 0.2) is 16.7 Å². The number of rotatable bonds is 3. The molecule has 0 aliphatic rings. The van der Waals surface area contributed by atoms with Gasteiger partial charge in [-0.05, 0) is 24.6 Å². The molecule has 0 radical (unpaired) electrons. The first-order valence-corrected chi connectivity index (χ1v) is 4.59. The van der Waals surface area contributed by atoms with Crippen molar-refractivity contribution in [1.82, 2.24) is 4.98 Å². The highest BCUT2D eigenvalue weighted by Gasteiger charge is 2.11. The quantitative estimate of drug-likeness (QED) is 0.809. The van der Waals surface area contributed by atoms with Gasteiger partial charge < -0.3 is 11.5 Å². The van der Waals surface area contributed by atoms with E-state index >= 15 is 0 Å². The molecule has 0 aliphatic carbocycles. The summed E-state index contributed by atoms with van der Waals surface area (Å²) in [5, 5.41) is 0. The highest BCUT2D eigenvalue weighted by atomic mass is 79.9. The third-order valence-electron chi connectivity index (χ3n) is 1.63. The normalized spacial score (nSPS) is 10.0. The molecule has 1 amide bonds. The van der Waals surface area contributed by atoms with Crippen molar-refractivity contribution < 1.29 is 4.79 Å². The molecule has 0 saturated carbocycles. The zero-order valence-electron chi connectivity index (χ0n) is 6.96. The van der Waals surface area contributed by atoms with Gasteiger partial charge in [-0.1, -0.05) is 15.9 Å². The van der Waals surface area contributed by atoms with Crippen molar-refractivity contribution in [3.8, 4) is 0 Å². The molecule has 0 saturated heterocycles. The van der Waals surface area contributed by atoms with Crippen LogP contribution < -0.4 is 11.5 Å². The number of hydrogen-bond donors (Lipinski definition) is 2. The largest absolute Gasteiger partial charge is 0.364 e. The van der Waals surface area contributed by atoms with Gasteiger partial charge in [-0.3, -0.25) is 9.78 Å². The van der Waals surface area contributed by atoms with Crippen LogP contribution in [0.1, 0.15) is 16.1 Å². The Kier molecular flexibility index (Phi) is 3.39. The lowest BCUT2D eigenvalue weighted by Gasteiger charge is -2.05. The molecule has 0 fully saturated rings. The standard InChI is InChI=1S/C8H10BrN3O/c9-6-2-4-12-7(8(11)13)5(6)1-3-10/h2,4H,1,3,10H2,(H2,11,13). The van der Waals surface area contributed by atoms with Gasteiger partial charge in [0.2, 0.25) is 0 Å². The summed E-state index contributed by atoms with van der Waals surface area (Å²) < 4.78 is 0.821. The van der Waals surface area contributed by atoms with Crippen LogP contribution in [-0.2, 0) is 6.42 Å². The van der Waals surface area contributed by atoms with E-state index in [-0.39, 0.29) is 0 Å². The summed E-state index contributed by atoms with van der Waals surface area (Å²) in [5.41, 5.74) is 11.6. The first-order valence-electron chi connectivity index (χ1n) is 3.80. The fourth-order valence-corrected chi connectivity index (χ4v) is 1.57. The van der Waals surface area contributed by atoms with Crippen LogP contribution in [0.3, 0.4) is 0 Å². The SMILES string of the molecule is NCCc1c(Br)ccnc1C(N)=O. The molecule has 1 heterocycles. The van der Waals surface area contributed by atoms with Crippen molar-refractivity contribution in [2.75, 3.05) is 6.54 Å². The Bertz CT molecular complexity index is 327. The molecule has 1 aromatic heterocycles. The molecule has 70 valence electrons. The predicted molar refractivity (Wildman–Crippen MR) is 53.2 cm³/mol. The molecule has 13 heavy (non-hydrogen) atoms. The minimum absolute atomic E-state index is 0.292. The van der Waals surface area contributed by atoms with Gasteiger partial charge in [-0.2, -0.15) is 0 Å². The van der Waals surface area contributed by atoms with Gasteiger partial charge in [-0.25, -0.2) is 0 Å². The number of halogens is 1. The summed E-state index contributed by atoms with van der Waals surface area (Å²) in [6.07, 6.45) is 2.12. The van der Waals surface area contributed by atoms with Crippen LogP contribution in [-0.4, -0.2) is 17.4 Å². The minimum atomic E-state index is -0.523. The lowest BCUT2D eigenvalue weighted by molar-refractivity contribution is 0.0994. The summed E-state index contributed by atoms with van der Waals surface area (Å²) >= 11 is 3.31. The lowest BCUT2D eigenvalue weighted by Crippen LogP contribution is -2.18. The maximum absolute atomic E-state index is 10.9. The number of nitrogens with two attached hydrogens (primary N) is 2. The fourth-order valence-electron chi connectivity index (χ4n) is 1.06. The predicted octanol–water partition coefficient (Wildman–Crippen LogP) is 0.444. The summed E-state index contributed by atoms with van der Waals surface area (Å²) in [6.45, 7) is 0.463. The molecule has 0 aromatic carbocycles. The molecule has 0 aliphatic heterocycles. The molecule has 0 atom stereocenters. The van der Waals surface area contributed by atoms with Gasteiger partial charge in [0.1, 0.15) is 5.69 Å². The summed E-state index contributed by atoms with van der Waals surface area (Å²) in [7, 11) is 0. The Morgan fingerprint density at radius 3 is 2.85 bits per heavy atom. The van der Waals surface area contributed by atoms with Crippen molar-refractivity contribution >= 4 is 21.8 Å². The average Bonchev–Trinajstić information content (AvgIpc) is 2.08. The smallest absolute Gasteiger partial charge is 0.267 e. The Morgan fingerprint density at radius 2 is 2.31 bits per heavy atom. The average molecular weight is 244 g/mol. The number of aromatic nitrogens is 1. The van der Waals surface area contributed by atoms with E-state index in [4.69, 9.17) is 11.5 Å². The van der Waals surface area contributed by atoms with Crippen LogP contribution >= 0.6 is 15.9 Å². The molecule has 1 rings (SSSR count). The van der Waals surface area contributed by atoms with E-state index in [1.807, 2.05) is 0 Å². The van der Waals surface area contributed by atoms with Gasteiger partial charge >= 0.3 is 0 Å². The molecule has 0 spiro atoms. The van der Waals surface area contributed by atoms with Crippen LogP contribution in [0.25, 0.3) is 0 Å². The Hall–Kier alpha value is -0.940. The van der Waals surface area contributed by atoms with Gasteiger partial charge in [0, 0.05) is 10.7 Å². The van der Waals surface area contributed by atoms with Crippen molar-refractivity contribution in [3.63, 3.8) is 0 Å². The number of carbonyl (C=O) groups is 1. The van der Waals surface area contributed by atoms with E-state index in [1.165, 1.54) is 6.20 Å². The molecule has 0 bridgehead atoms. The molecular formula is C8H10BrN3O. The molecule has 4 N–H and O–H groups in total. The maximum Gasteiger partial charge on any atom is 0.267 e. The monoisotopic (exact) mass is 243 g/mol. The van der Waals surface area contributed by atoms with Crippen molar-refractivity contribution in [3.05, 3.63) is 28.0 Å². The second-order valence-electron chi connectivity index (χ2n) is 2.52.